The minimum atomic E-state index is -0.215. The first-order valence-electron chi connectivity index (χ1n) is 20.8. The molecule has 0 amide bonds. The van der Waals surface area contributed by atoms with Crippen LogP contribution in [0.3, 0.4) is 0 Å². The van der Waals surface area contributed by atoms with E-state index < -0.39 is 0 Å². The largest absolute Gasteiger partial charge is 0.463 e. The molecule has 4 heteroatoms. The summed E-state index contributed by atoms with van der Waals surface area (Å²) in [5.41, 5.74) is 1.14. The van der Waals surface area contributed by atoms with Crippen molar-refractivity contribution in [2.75, 3.05) is 19.8 Å². The summed E-state index contributed by atoms with van der Waals surface area (Å²) in [6, 6.07) is 10.2. The minimum Gasteiger partial charge on any atom is -0.463 e. The minimum absolute atomic E-state index is 0.105. The van der Waals surface area contributed by atoms with E-state index in [0.29, 0.717) is 26.2 Å². The molecule has 278 valence electrons. The molecule has 0 saturated heterocycles. The Morgan fingerprint density at radius 1 is 0.562 bits per heavy atom. The van der Waals surface area contributed by atoms with Gasteiger partial charge in [0.2, 0.25) is 0 Å². The molecule has 0 aliphatic heterocycles. The van der Waals surface area contributed by atoms with Crippen LogP contribution in [0.25, 0.3) is 0 Å². The first kappa shape index (κ1) is 44.4. The molecule has 0 aromatic heterocycles. The molecule has 0 saturated carbocycles. The van der Waals surface area contributed by atoms with Gasteiger partial charge in [-0.25, -0.2) is 0 Å². The molecule has 0 N–H and O–H groups in total. The van der Waals surface area contributed by atoms with Crippen LogP contribution in [-0.2, 0) is 25.6 Å². The van der Waals surface area contributed by atoms with Crippen molar-refractivity contribution in [3.8, 4) is 0 Å². The zero-order valence-corrected chi connectivity index (χ0v) is 31.9. The summed E-state index contributed by atoms with van der Waals surface area (Å²) >= 11 is 0. The molecular formula is C44H78O4. The van der Waals surface area contributed by atoms with Crippen molar-refractivity contribution in [1.82, 2.24) is 0 Å². The maximum Gasteiger partial charge on any atom is 0.305 e. The van der Waals surface area contributed by atoms with Gasteiger partial charge in [-0.3, -0.25) is 4.79 Å². The quantitative estimate of drug-likeness (QED) is 0.0401. The van der Waals surface area contributed by atoms with Gasteiger partial charge in [0, 0.05) is 13.0 Å². The van der Waals surface area contributed by atoms with E-state index in [1.165, 1.54) is 154 Å². The number of carbonyl (C=O) groups excluding carboxylic acids is 1. The first-order valence-corrected chi connectivity index (χ1v) is 20.8. The third kappa shape index (κ3) is 31.6. The molecule has 1 aromatic carbocycles. The van der Waals surface area contributed by atoms with Crippen molar-refractivity contribution in [1.29, 1.82) is 0 Å². The van der Waals surface area contributed by atoms with E-state index in [1.807, 2.05) is 18.2 Å². The molecule has 4 nitrogen and oxygen atoms in total. The third-order valence-corrected chi connectivity index (χ3v) is 9.34. The summed E-state index contributed by atoms with van der Waals surface area (Å²) in [4.78, 5) is 12.5. The molecule has 0 aliphatic rings. The predicted octanol–water partition coefficient (Wildman–Crippen LogP) is 13.7. The normalized spacial score (nSPS) is 12.2. The second-order valence-electron chi connectivity index (χ2n) is 14.1. The van der Waals surface area contributed by atoms with Gasteiger partial charge in [0.25, 0.3) is 0 Å². The number of esters is 1. The van der Waals surface area contributed by atoms with Gasteiger partial charge < -0.3 is 14.2 Å². The molecular weight excluding hydrogens is 592 g/mol. The van der Waals surface area contributed by atoms with Gasteiger partial charge >= 0.3 is 5.97 Å². The van der Waals surface area contributed by atoms with Gasteiger partial charge in [-0.05, 0) is 44.1 Å². The SMILES string of the molecule is CCCCCCCCC=CCCCCCCCCO[C@H](COCc1ccccc1)COC(=O)CCCCCCCCCCCCCCC. The molecule has 1 rings (SSSR count). The van der Waals surface area contributed by atoms with Gasteiger partial charge in [0.05, 0.1) is 13.2 Å². The standard InChI is InChI=1S/C44H78O4/c1-3-5-7-9-11-13-15-17-18-19-21-23-25-27-29-34-38-47-43(40-46-39-42-35-31-30-32-36-42)41-48-44(45)37-33-28-26-24-22-20-16-14-12-10-8-6-4-2/h17-18,30-32,35-36,43H,3-16,19-29,33-34,37-41H2,1-2H3/t43-/m1/s1. The van der Waals surface area contributed by atoms with Crippen molar-refractivity contribution in [3.05, 3.63) is 48.0 Å². The number of rotatable bonds is 37. The Kier molecular flexibility index (Phi) is 33.9. The smallest absolute Gasteiger partial charge is 0.305 e. The van der Waals surface area contributed by atoms with E-state index >= 15 is 0 Å². The molecule has 0 bridgehead atoms. The zero-order valence-electron chi connectivity index (χ0n) is 31.9. The Bertz CT molecular complexity index is 807. The van der Waals surface area contributed by atoms with Crippen LogP contribution in [-0.4, -0.2) is 31.9 Å². The highest BCUT2D eigenvalue weighted by Crippen LogP contribution is 2.14. The number of carbonyl (C=O) groups is 1. The molecule has 0 aliphatic carbocycles. The summed E-state index contributed by atoms with van der Waals surface area (Å²) in [6.07, 6.45) is 40.2. The molecule has 0 fully saturated rings. The van der Waals surface area contributed by atoms with Crippen LogP contribution in [0.1, 0.15) is 199 Å². The van der Waals surface area contributed by atoms with Gasteiger partial charge in [-0.15, -0.1) is 0 Å². The van der Waals surface area contributed by atoms with Gasteiger partial charge in [0.15, 0.2) is 0 Å². The molecule has 0 radical (unpaired) electrons. The first-order chi connectivity index (χ1) is 23.8. The van der Waals surface area contributed by atoms with Crippen molar-refractivity contribution < 1.29 is 19.0 Å². The summed E-state index contributed by atoms with van der Waals surface area (Å²) in [6.45, 7) is 6.51. The van der Waals surface area contributed by atoms with E-state index in [-0.39, 0.29) is 18.7 Å². The number of benzene rings is 1. The lowest BCUT2D eigenvalue weighted by Gasteiger charge is -2.18. The Balaban J connectivity index is 2.10. The average Bonchev–Trinajstić information content (AvgIpc) is 3.10. The van der Waals surface area contributed by atoms with Crippen molar-refractivity contribution in [2.45, 2.75) is 206 Å². The summed E-state index contributed by atoms with van der Waals surface area (Å²) in [5.74, 6) is -0.105. The van der Waals surface area contributed by atoms with Crippen LogP contribution in [0, 0.1) is 0 Å². The number of hydrogen-bond donors (Lipinski definition) is 0. The summed E-state index contributed by atoms with van der Waals surface area (Å²) in [7, 11) is 0. The maximum absolute atomic E-state index is 12.5. The van der Waals surface area contributed by atoms with E-state index in [2.05, 4.69) is 38.1 Å². The van der Waals surface area contributed by atoms with E-state index in [1.54, 1.807) is 0 Å². The number of ether oxygens (including phenoxy) is 3. The van der Waals surface area contributed by atoms with Crippen LogP contribution in [0.2, 0.25) is 0 Å². The fourth-order valence-electron chi connectivity index (χ4n) is 6.17. The third-order valence-electron chi connectivity index (χ3n) is 9.34. The second-order valence-corrected chi connectivity index (χ2v) is 14.1. The Labute approximate surface area is 298 Å². The molecule has 0 spiro atoms. The van der Waals surface area contributed by atoms with E-state index in [4.69, 9.17) is 14.2 Å². The highest BCUT2D eigenvalue weighted by Gasteiger charge is 2.13. The van der Waals surface area contributed by atoms with Gasteiger partial charge in [-0.1, -0.05) is 191 Å². The number of hydrogen-bond acceptors (Lipinski definition) is 4. The average molecular weight is 671 g/mol. The maximum atomic E-state index is 12.5. The number of unbranched alkanes of at least 4 members (excludes halogenated alkanes) is 24. The fourth-order valence-corrected chi connectivity index (χ4v) is 6.17. The lowest BCUT2D eigenvalue weighted by atomic mass is 10.0. The highest BCUT2D eigenvalue weighted by molar-refractivity contribution is 5.69. The van der Waals surface area contributed by atoms with Gasteiger partial charge in [-0.2, -0.15) is 0 Å². The molecule has 48 heavy (non-hydrogen) atoms. The van der Waals surface area contributed by atoms with Crippen LogP contribution in [0.4, 0.5) is 0 Å². The fraction of sp³-hybridized carbons (Fsp3) is 0.795. The Morgan fingerprint density at radius 3 is 1.54 bits per heavy atom. The molecule has 1 aromatic rings. The topological polar surface area (TPSA) is 44.8 Å². The second kappa shape index (κ2) is 36.6. The molecule has 1 atom stereocenters. The van der Waals surface area contributed by atoms with Gasteiger partial charge in [0.1, 0.15) is 12.7 Å². The Morgan fingerprint density at radius 2 is 1.02 bits per heavy atom. The van der Waals surface area contributed by atoms with Crippen molar-refractivity contribution in [2.24, 2.45) is 0 Å². The molecule has 0 heterocycles. The summed E-state index contributed by atoms with van der Waals surface area (Å²) < 4.78 is 17.8. The highest BCUT2D eigenvalue weighted by atomic mass is 16.6. The summed E-state index contributed by atoms with van der Waals surface area (Å²) in [5, 5.41) is 0. The zero-order chi connectivity index (χ0) is 34.4. The van der Waals surface area contributed by atoms with Crippen molar-refractivity contribution in [3.63, 3.8) is 0 Å². The van der Waals surface area contributed by atoms with Crippen LogP contribution in [0.15, 0.2) is 42.5 Å². The lowest BCUT2D eigenvalue weighted by molar-refractivity contribution is -0.150. The monoisotopic (exact) mass is 671 g/mol. The van der Waals surface area contributed by atoms with E-state index in [9.17, 15) is 4.79 Å². The van der Waals surface area contributed by atoms with Crippen LogP contribution >= 0.6 is 0 Å². The predicted molar refractivity (Wildman–Crippen MR) is 207 cm³/mol. The number of allylic oxidation sites excluding steroid dienone is 2. The molecule has 0 unspecified atom stereocenters. The van der Waals surface area contributed by atoms with Crippen LogP contribution < -0.4 is 0 Å². The Hall–Kier alpha value is -1.65. The van der Waals surface area contributed by atoms with Crippen LogP contribution in [0.5, 0.6) is 0 Å². The van der Waals surface area contributed by atoms with Crippen molar-refractivity contribution >= 4 is 5.97 Å². The lowest BCUT2D eigenvalue weighted by Crippen LogP contribution is -2.27. The van der Waals surface area contributed by atoms with E-state index in [0.717, 1.165) is 24.8 Å².